The van der Waals surface area contributed by atoms with Crippen molar-refractivity contribution < 1.29 is 13.2 Å². The first-order valence-corrected chi connectivity index (χ1v) is 5.84. The van der Waals surface area contributed by atoms with Gasteiger partial charge in [0, 0.05) is 18.5 Å². The number of nitrogens with one attached hydrogen (secondary N) is 1. The molecule has 0 bridgehead atoms. The van der Waals surface area contributed by atoms with Gasteiger partial charge >= 0.3 is 0 Å². The minimum Gasteiger partial charge on any atom is -0.469 e. The van der Waals surface area contributed by atoms with E-state index in [0.29, 0.717) is 12.0 Å². The fourth-order valence-corrected chi connectivity index (χ4v) is 2.00. The highest BCUT2D eigenvalue weighted by molar-refractivity contribution is 5.21. The molecule has 0 fully saturated rings. The van der Waals surface area contributed by atoms with Gasteiger partial charge in [0.25, 0.3) is 0 Å². The molecule has 0 aliphatic heterocycles. The summed E-state index contributed by atoms with van der Waals surface area (Å²) in [5.74, 6) is -0.237. The van der Waals surface area contributed by atoms with Crippen molar-refractivity contribution >= 4 is 0 Å². The van der Waals surface area contributed by atoms with E-state index < -0.39 is 11.6 Å². The standard InChI is InChI=1S/C14H15F2NO/c1-17-14(5-4-13-3-2-6-18-13)10-7-11(15)9-12(16)8-10/h2-3,6-9,14,17H,4-5H2,1H3. The molecule has 1 aromatic heterocycles. The fraction of sp³-hybridized carbons (Fsp3) is 0.286. The van der Waals surface area contributed by atoms with E-state index in [1.165, 1.54) is 12.1 Å². The Hall–Kier alpha value is -1.68. The van der Waals surface area contributed by atoms with E-state index in [0.717, 1.165) is 18.2 Å². The number of halogens is 2. The molecule has 1 heterocycles. The molecule has 2 nitrogen and oxygen atoms in total. The molecule has 0 saturated carbocycles. The molecule has 0 saturated heterocycles. The van der Waals surface area contributed by atoms with Crippen LogP contribution in [0.4, 0.5) is 8.78 Å². The van der Waals surface area contributed by atoms with Crippen LogP contribution in [0, 0.1) is 11.6 Å². The van der Waals surface area contributed by atoms with Crippen LogP contribution in [0.15, 0.2) is 41.0 Å². The number of benzene rings is 1. The molecule has 18 heavy (non-hydrogen) atoms. The summed E-state index contributed by atoms with van der Waals surface area (Å²) in [7, 11) is 1.77. The lowest BCUT2D eigenvalue weighted by Gasteiger charge is -2.16. The summed E-state index contributed by atoms with van der Waals surface area (Å²) in [6.07, 6.45) is 3.05. The minimum absolute atomic E-state index is 0.0969. The molecule has 2 rings (SSSR count). The van der Waals surface area contributed by atoms with Gasteiger partial charge in [-0.15, -0.1) is 0 Å². The first-order chi connectivity index (χ1) is 8.69. The fourth-order valence-electron chi connectivity index (χ4n) is 2.00. The van der Waals surface area contributed by atoms with Crippen LogP contribution in [-0.4, -0.2) is 7.05 Å². The van der Waals surface area contributed by atoms with Crippen molar-refractivity contribution in [2.45, 2.75) is 18.9 Å². The zero-order valence-corrected chi connectivity index (χ0v) is 10.1. The van der Waals surface area contributed by atoms with Crippen LogP contribution >= 0.6 is 0 Å². The molecule has 2 aromatic rings. The van der Waals surface area contributed by atoms with Crippen LogP contribution in [0.5, 0.6) is 0 Å². The Morgan fingerprint density at radius 1 is 1.22 bits per heavy atom. The molecule has 0 aliphatic carbocycles. The third-order valence-electron chi connectivity index (χ3n) is 2.90. The highest BCUT2D eigenvalue weighted by Gasteiger charge is 2.12. The maximum absolute atomic E-state index is 13.2. The van der Waals surface area contributed by atoms with E-state index in [4.69, 9.17) is 4.42 Å². The Bertz CT molecular complexity index is 476. The summed E-state index contributed by atoms with van der Waals surface area (Å²) in [6, 6.07) is 7.20. The van der Waals surface area contributed by atoms with Crippen molar-refractivity contribution in [3.63, 3.8) is 0 Å². The highest BCUT2D eigenvalue weighted by Crippen LogP contribution is 2.21. The zero-order chi connectivity index (χ0) is 13.0. The average molecular weight is 251 g/mol. The van der Waals surface area contributed by atoms with Gasteiger partial charge < -0.3 is 9.73 Å². The summed E-state index contributed by atoms with van der Waals surface area (Å²) < 4.78 is 31.5. The van der Waals surface area contributed by atoms with E-state index in [1.54, 1.807) is 13.3 Å². The van der Waals surface area contributed by atoms with E-state index in [1.807, 2.05) is 12.1 Å². The molecule has 0 radical (unpaired) electrons. The first-order valence-electron chi connectivity index (χ1n) is 5.84. The number of furan rings is 1. The number of aryl methyl sites for hydroxylation is 1. The molecule has 0 aliphatic rings. The number of hydrogen-bond donors (Lipinski definition) is 1. The van der Waals surface area contributed by atoms with Crippen molar-refractivity contribution in [2.75, 3.05) is 7.05 Å². The lowest BCUT2D eigenvalue weighted by atomic mass is 10.0. The minimum atomic E-state index is -0.553. The molecular weight excluding hydrogens is 236 g/mol. The SMILES string of the molecule is CNC(CCc1ccco1)c1cc(F)cc(F)c1. The van der Waals surface area contributed by atoms with Gasteiger partial charge in [-0.05, 0) is 43.3 Å². The largest absolute Gasteiger partial charge is 0.469 e. The van der Waals surface area contributed by atoms with Gasteiger partial charge in [-0.25, -0.2) is 8.78 Å². The van der Waals surface area contributed by atoms with Crippen LogP contribution in [0.2, 0.25) is 0 Å². The molecule has 1 atom stereocenters. The predicted molar refractivity (Wildman–Crippen MR) is 65.2 cm³/mol. The first kappa shape index (κ1) is 12.8. The van der Waals surface area contributed by atoms with Gasteiger partial charge in [0.15, 0.2) is 0 Å². The molecule has 1 N–H and O–H groups in total. The molecule has 1 unspecified atom stereocenters. The second-order valence-electron chi connectivity index (χ2n) is 4.16. The monoisotopic (exact) mass is 251 g/mol. The summed E-state index contributed by atoms with van der Waals surface area (Å²) >= 11 is 0. The zero-order valence-electron chi connectivity index (χ0n) is 10.1. The van der Waals surface area contributed by atoms with E-state index in [2.05, 4.69) is 5.32 Å². The van der Waals surface area contributed by atoms with Gasteiger partial charge in [0.05, 0.1) is 6.26 Å². The van der Waals surface area contributed by atoms with Crippen molar-refractivity contribution in [1.82, 2.24) is 5.32 Å². The molecule has 0 spiro atoms. The van der Waals surface area contributed by atoms with Gasteiger partial charge in [-0.1, -0.05) is 0 Å². The van der Waals surface area contributed by atoms with Crippen LogP contribution in [0.25, 0.3) is 0 Å². The number of hydrogen-bond acceptors (Lipinski definition) is 2. The quantitative estimate of drug-likeness (QED) is 0.880. The van der Waals surface area contributed by atoms with Crippen molar-refractivity contribution in [3.05, 3.63) is 59.6 Å². The Labute approximate surface area is 105 Å². The van der Waals surface area contributed by atoms with Gasteiger partial charge in [0.2, 0.25) is 0 Å². The molecule has 4 heteroatoms. The van der Waals surface area contributed by atoms with Crippen LogP contribution < -0.4 is 5.32 Å². The lowest BCUT2D eigenvalue weighted by Crippen LogP contribution is -2.17. The second kappa shape index (κ2) is 5.78. The second-order valence-corrected chi connectivity index (χ2v) is 4.16. The van der Waals surface area contributed by atoms with Gasteiger partial charge in [0.1, 0.15) is 17.4 Å². The normalized spacial score (nSPS) is 12.6. The van der Waals surface area contributed by atoms with Crippen molar-refractivity contribution in [3.8, 4) is 0 Å². The van der Waals surface area contributed by atoms with Crippen LogP contribution in [0.1, 0.15) is 23.8 Å². The summed E-state index contributed by atoms with van der Waals surface area (Å²) in [5.41, 5.74) is 0.613. The summed E-state index contributed by atoms with van der Waals surface area (Å²) in [4.78, 5) is 0. The Kier molecular flexibility index (Phi) is 4.10. The maximum atomic E-state index is 13.2. The molecule has 1 aromatic carbocycles. The van der Waals surface area contributed by atoms with Crippen LogP contribution in [0.3, 0.4) is 0 Å². The Balaban J connectivity index is 2.07. The predicted octanol–water partition coefficient (Wildman–Crippen LogP) is 3.45. The van der Waals surface area contributed by atoms with E-state index >= 15 is 0 Å². The van der Waals surface area contributed by atoms with Crippen molar-refractivity contribution in [2.24, 2.45) is 0 Å². The maximum Gasteiger partial charge on any atom is 0.126 e. The third kappa shape index (κ3) is 3.17. The van der Waals surface area contributed by atoms with Gasteiger partial charge in [-0.2, -0.15) is 0 Å². The lowest BCUT2D eigenvalue weighted by molar-refractivity contribution is 0.466. The van der Waals surface area contributed by atoms with E-state index in [-0.39, 0.29) is 6.04 Å². The molecule has 96 valence electrons. The topological polar surface area (TPSA) is 25.2 Å². The summed E-state index contributed by atoms with van der Waals surface area (Å²) in [6.45, 7) is 0. The average Bonchev–Trinajstić information content (AvgIpc) is 2.81. The highest BCUT2D eigenvalue weighted by atomic mass is 19.1. The van der Waals surface area contributed by atoms with Crippen molar-refractivity contribution in [1.29, 1.82) is 0 Å². The molecule has 0 amide bonds. The molecular formula is C14H15F2NO. The number of rotatable bonds is 5. The Morgan fingerprint density at radius 3 is 2.50 bits per heavy atom. The van der Waals surface area contributed by atoms with Gasteiger partial charge in [-0.3, -0.25) is 0 Å². The van der Waals surface area contributed by atoms with Crippen LogP contribution in [-0.2, 0) is 6.42 Å². The van der Waals surface area contributed by atoms with E-state index in [9.17, 15) is 8.78 Å². The third-order valence-corrected chi connectivity index (χ3v) is 2.90. The Morgan fingerprint density at radius 2 is 1.94 bits per heavy atom. The smallest absolute Gasteiger partial charge is 0.126 e. The summed E-state index contributed by atoms with van der Waals surface area (Å²) in [5, 5.41) is 3.06.